The van der Waals surface area contributed by atoms with Gasteiger partial charge in [0.05, 0.1) is 17.7 Å². The first-order chi connectivity index (χ1) is 9.46. The number of sulfonamides is 1. The van der Waals surface area contributed by atoms with E-state index in [1.807, 2.05) is 0 Å². The monoisotopic (exact) mass is 317 g/mol. The number of hydrogen-bond acceptors (Lipinski definition) is 4. The predicted molar refractivity (Wildman–Crippen MR) is 75.4 cm³/mol. The van der Waals surface area contributed by atoms with Crippen LogP contribution in [-0.4, -0.2) is 38.9 Å². The van der Waals surface area contributed by atoms with Crippen LogP contribution in [0.3, 0.4) is 0 Å². The minimum Gasteiger partial charge on any atom is -0.465 e. The number of halogens is 1. The van der Waals surface area contributed by atoms with E-state index < -0.39 is 16.0 Å². The first-order valence-corrected chi connectivity index (χ1v) is 8.16. The van der Waals surface area contributed by atoms with Crippen LogP contribution in [0.15, 0.2) is 23.1 Å². The SMILES string of the molecule is COC(=O)c1ccc(Cl)c(S(=O)(=O)N2CCCCC2)c1. The van der Waals surface area contributed by atoms with Crippen LogP contribution < -0.4 is 0 Å². The van der Waals surface area contributed by atoms with E-state index in [1.165, 1.54) is 29.6 Å². The van der Waals surface area contributed by atoms with Gasteiger partial charge >= 0.3 is 5.97 Å². The number of esters is 1. The zero-order valence-corrected chi connectivity index (χ0v) is 12.7. The zero-order chi connectivity index (χ0) is 14.8. The van der Waals surface area contributed by atoms with Crippen molar-refractivity contribution in [2.75, 3.05) is 20.2 Å². The van der Waals surface area contributed by atoms with Crippen LogP contribution in [0.5, 0.6) is 0 Å². The number of ether oxygens (including phenoxy) is 1. The summed E-state index contributed by atoms with van der Waals surface area (Å²) >= 11 is 5.99. The van der Waals surface area contributed by atoms with E-state index in [1.54, 1.807) is 0 Å². The Morgan fingerprint density at radius 3 is 2.50 bits per heavy atom. The summed E-state index contributed by atoms with van der Waals surface area (Å²) in [4.78, 5) is 11.5. The van der Waals surface area contributed by atoms with Gasteiger partial charge < -0.3 is 4.74 Å². The number of hydrogen-bond donors (Lipinski definition) is 0. The molecule has 0 radical (unpaired) electrons. The second-order valence-electron chi connectivity index (χ2n) is 4.60. The molecule has 0 aromatic heterocycles. The molecular formula is C13H16ClNO4S. The Bertz CT molecular complexity index is 609. The maximum Gasteiger partial charge on any atom is 0.337 e. The molecule has 1 aromatic carbocycles. The van der Waals surface area contributed by atoms with E-state index in [9.17, 15) is 13.2 Å². The highest BCUT2D eigenvalue weighted by Gasteiger charge is 2.28. The van der Waals surface area contributed by atoms with Crippen LogP contribution in [0.25, 0.3) is 0 Å². The van der Waals surface area contributed by atoms with Crippen LogP contribution in [0.4, 0.5) is 0 Å². The van der Waals surface area contributed by atoms with Gasteiger partial charge in [-0.1, -0.05) is 18.0 Å². The first kappa shape index (κ1) is 15.3. The molecule has 5 nitrogen and oxygen atoms in total. The number of nitrogens with zero attached hydrogens (tertiary/aromatic N) is 1. The van der Waals surface area contributed by atoms with Crippen molar-refractivity contribution in [2.24, 2.45) is 0 Å². The highest BCUT2D eigenvalue weighted by atomic mass is 35.5. The number of benzene rings is 1. The molecule has 0 unspecified atom stereocenters. The molecular weight excluding hydrogens is 302 g/mol. The van der Waals surface area contributed by atoms with Gasteiger partial charge in [-0.05, 0) is 31.0 Å². The van der Waals surface area contributed by atoms with E-state index in [2.05, 4.69) is 4.74 Å². The Kier molecular flexibility index (Phi) is 4.67. The molecule has 0 spiro atoms. The fourth-order valence-electron chi connectivity index (χ4n) is 2.19. The molecule has 1 heterocycles. The third kappa shape index (κ3) is 2.97. The standard InChI is InChI=1S/C13H16ClNO4S/c1-19-13(16)10-5-6-11(14)12(9-10)20(17,18)15-7-3-2-4-8-15/h5-6,9H,2-4,7-8H2,1H3. The molecule has 1 saturated heterocycles. The van der Waals surface area contributed by atoms with E-state index in [0.717, 1.165) is 19.3 Å². The predicted octanol–water partition coefficient (Wildman–Crippen LogP) is 2.30. The molecule has 0 N–H and O–H groups in total. The topological polar surface area (TPSA) is 63.7 Å². The normalized spacial score (nSPS) is 16.9. The average molecular weight is 318 g/mol. The largest absolute Gasteiger partial charge is 0.465 e. The van der Waals surface area contributed by atoms with Crippen molar-refractivity contribution >= 4 is 27.6 Å². The maximum absolute atomic E-state index is 12.6. The van der Waals surface area contributed by atoms with Crippen LogP contribution in [-0.2, 0) is 14.8 Å². The summed E-state index contributed by atoms with van der Waals surface area (Å²) in [5.41, 5.74) is 0.174. The minimum absolute atomic E-state index is 0.0380. The van der Waals surface area contributed by atoms with E-state index in [4.69, 9.17) is 11.6 Å². The van der Waals surface area contributed by atoms with Crippen molar-refractivity contribution < 1.29 is 17.9 Å². The Balaban J connectivity index is 2.42. The second-order valence-corrected chi connectivity index (χ2v) is 6.92. The third-order valence-corrected chi connectivity index (χ3v) is 5.67. The van der Waals surface area contributed by atoms with Crippen molar-refractivity contribution in [2.45, 2.75) is 24.2 Å². The molecule has 0 amide bonds. The molecule has 20 heavy (non-hydrogen) atoms. The number of piperidine rings is 1. The highest BCUT2D eigenvalue weighted by molar-refractivity contribution is 7.89. The van der Waals surface area contributed by atoms with Crippen molar-refractivity contribution in [1.29, 1.82) is 0 Å². The van der Waals surface area contributed by atoms with Crippen molar-refractivity contribution in [3.05, 3.63) is 28.8 Å². The van der Waals surface area contributed by atoms with Gasteiger partial charge in [0.1, 0.15) is 4.90 Å². The van der Waals surface area contributed by atoms with Gasteiger partial charge in [0.15, 0.2) is 0 Å². The van der Waals surface area contributed by atoms with Gasteiger partial charge in [0.2, 0.25) is 10.0 Å². The summed E-state index contributed by atoms with van der Waals surface area (Å²) in [7, 11) is -2.42. The van der Waals surface area contributed by atoms with Crippen molar-refractivity contribution in [1.82, 2.24) is 4.31 Å². The van der Waals surface area contributed by atoms with Crippen molar-refractivity contribution in [3.63, 3.8) is 0 Å². The Morgan fingerprint density at radius 2 is 1.90 bits per heavy atom. The summed E-state index contributed by atoms with van der Waals surface area (Å²) in [5, 5.41) is 0.114. The fourth-order valence-corrected chi connectivity index (χ4v) is 4.21. The highest BCUT2D eigenvalue weighted by Crippen LogP contribution is 2.28. The lowest BCUT2D eigenvalue weighted by molar-refractivity contribution is 0.0600. The summed E-state index contributed by atoms with van der Waals surface area (Å²) < 4.78 is 31.1. The fraction of sp³-hybridized carbons (Fsp3) is 0.462. The van der Waals surface area contributed by atoms with Crippen LogP contribution in [0.1, 0.15) is 29.6 Å². The molecule has 1 aromatic rings. The Morgan fingerprint density at radius 1 is 1.25 bits per heavy atom. The van der Waals surface area contributed by atoms with E-state index in [-0.39, 0.29) is 15.5 Å². The summed E-state index contributed by atoms with van der Waals surface area (Å²) in [6.07, 6.45) is 2.71. The zero-order valence-electron chi connectivity index (χ0n) is 11.1. The molecule has 7 heteroatoms. The van der Waals surface area contributed by atoms with E-state index in [0.29, 0.717) is 13.1 Å². The lowest BCUT2D eigenvalue weighted by Crippen LogP contribution is -2.35. The minimum atomic E-state index is -3.66. The molecule has 1 aliphatic rings. The molecule has 0 aliphatic carbocycles. The molecule has 1 aliphatic heterocycles. The van der Waals surface area contributed by atoms with Gasteiger partial charge in [0.25, 0.3) is 0 Å². The number of methoxy groups -OCH3 is 1. The third-order valence-electron chi connectivity index (χ3n) is 3.29. The Labute approximate surface area is 123 Å². The quantitative estimate of drug-likeness (QED) is 0.802. The van der Waals surface area contributed by atoms with Gasteiger partial charge in [-0.3, -0.25) is 0 Å². The number of carbonyl (C=O) groups excluding carboxylic acids is 1. The van der Waals surface area contributed by atoms with Gasteiger partial charge in [-0.2, -0.15) is 4.31 Å². The maximum atomic E-state index is 12.6. The Hall–Kier alpha value is -1.11. The van der Waals surface area contributed by atoms with Crippen LogP contribution in [0.2, 0.25) is 5.02 Å². The number of carbonyl (C=O) groups is 1. The first-order valence-electron chi connectivity index (χ1n) is 6.35. The summed E-state index contributed by atoms with van der Waals surface area (Å²) in [6.45, 7) is 0.974. The van der Waals surface area contributed by atoms with Gasteiger partial charge in [-0.25, -0.2) is 13.2 Å². The van der Waals surface area contributed by atoms with E-state index >= 15 is 0 Å². The average Bonchev–Trinajstić information content (AvgIpc) is 2.47. The number of rotatable bonds is 3. The molecule has 1 fully saturated rings. The van der Waals surface area contributed by atoms with Gasteiger partial charge in [0, 0.05) is 13.1 Å². The van der Waals surface area contributed by atoms with Crippen LogP contribution >= 0.6 is 11.6 Å². The molecule has 0 bridgehead atoms. The summed E-state index contributed by atoms with van der Waals surface area (Å²) in [5.74, 6) is -0.586. The smallest absolute Gasteiger partial charge is 0.337 e. The van der Waals surface area contributed by atoms with Crippen molar-refractivity contribution in [3.8, 4) is 0 Å². The van der Waals surface area contributed by atoms with Crippen LogP contribution in [0, 0.1) is 0 Å². The second kappa shape index (κ2) is 6.11. The molecule has 110 valence electrons. The molecule has 0 atom stereocenters. The van der Waals surface area contributed by atoms with Gasteiger partial charge in [-0.15, -0.1) is 0 Å². The molecule has 0 saturated carbocycles. The summed E-state index contributed by atoms with van der Waals surface area (Å²) in [6, 6.07) is 4.13. The molecule has 2 rings (SSSR count). The lowest BCUT2D eigenvalue weighted by atomic mass is 10.2. The lowest BCUT2D eigenvalue weighted by Gasteiger charge is -2.26.